The van der Waals surface area contributed by atoms with Crippen molar-refractivity contribution in [3.8, 4) is 17.0 Å². The topological polar surface area (TPSA) is 88.2 Å². The van der Waals surface area contributed by atoms with Crippen molar-refractivity contribution in [2.75, 3.05) is 11.4 Å². The van der Waals surface area contributed by atoms with Crippen molar-refractivity contribution >= 4 is 22.4 Å². The Kier molecular flexibility index (Phi) is 5.94. The number of fused-ring (bicyclic) bond motifs is 2. The number of hydrogen-bond acceptors (Lipinski definition) is 5. The predicted molar refractivity (Wildman–Crippen MR) is 143 cm³/mol. The van der Waals surface area contributed by atoms with E-state index < -0.39 is 0 Å². The number of rotatable bonds is 6. The molecule has 7 nitrogen and oxygen atoms in total. The van der Waals surface area contributed by atoms with Gasteiger partial charge in [-0.25, -0.2) is 5.10 Å². The number of ether oxygens (including phenoxy) is 1. The van der Waals surface area contributed by atoms with Crippen LogP contribution in [0.25, 0.3) is 22.0 Å². The number of benzene rings is 3. The number of carbonyl (C=O) groups is 1. The summed E-state index contributed by atoms with van der Waals surface area (Å²) in [5, 5.41) is 8.24. The number of nitrogens with one attached hydrogen (secondary N) is 1. The fourth-order valence-electron chi connectivity index (χ4n) is 4.74. The van der Waals surface area contributed by atoms with Crippen LogP contribution in [0.15, 0.2) is 96.1 Å². The van der Waals surface area contributed by atoms with Gasteiger partial charge in [0.2, 0.25) is 5.91 Å². The molecule has 1 aliphatic heterocycles. The first-order valence-corrected chi connectivity index (χ1v) is 12.2. The lowest BCUT2D eigenvalue weighted by molar-refractivity contribution is -0.117. The number of nitrogens with zero attached hydrogens (tertiary/aromatic N) is 3. The number of H-pyrrole nitrogens is 1. The molecule has 0 bridgehead atoms. The van der Waals surface area contributed by atoms with Crippen LogP contribution in [0.2, 0.25) is 0 Å². The van der Waals surface area contributed by atoms with Gasteiger partial charge in [0.05, 0.1) is 23.2 Å². The average Bonchev–Trinajstić information content (AvgIpc) is 3.37. The van der Waals surface area contributed by atoms with Gasteiger partial charge in [-0.15, -0.1) is 0 Å². The van der Waals surface area contributed by atoms with E-state index in [-0.39, 0.29) is 11.5 Å². The first kappa shape index (κ1) is 22.7. The number of anilines is 1. The molecule has 0 atom stereocenters. The molecule has 5 aromatic rings. The molecule has 0 radical (unpaired) electrons. The summed E-state index contributed by atoms with van der Waals surface area (Å²) < 4.78 is 5.95. The van der Waals surface area contributed by atoms with Crippen LogP contribution in [0.3, 0.4) is 0 Å². The van der Waals surface area contributed by atoms with Crippen molar-refractivity contribution < 1.29 is 9.53 Å². The molecule has 7 heteroatoms. The highest BCUT2D eigenvalue weighted by Crippen LogP contribution is 2.33. The summed E-state index contributed by atoms with van der Waals surface area (Å²) in [5.41, 5.74) is 5.34. The van der Waals surface area contributed by atoms with E-state index in [1.807, 2.05) is 77.7 Å². The molecule has 37 heavy (non-hydrogen) atoms. The second-order valence-electron chi connectivity index (χ2n) is 9.06. The summed E-state index contributed by atoms with van der Waals surface area (Å²) >= 11 is 0. The van der Waals surface area contributed by atoms with Gasteiger partial charge in [-0.2, -0.15) is 5.10 Å². The predicted octanol–water partition coefficient (Wildman–Crippen LogP) is 4.70. The van der Waals surface area contributed by atoms with E-state index >= 15 is 0 Å². The molecule has 0 fully saturated rings. The number of amides is 1. The molecule has 2 aromatic heterocycles. The summed E-state index contributed by atoms with van der Waals surface area (Å²) in [7, 11) is 0. The van der Waals surface area contributed by atoms with Crippen LogP contribution in [-0.4, -0.2) is 27.6 Å². The first-order valence-electron chi connectivity index (χ1n) is 12.2. The van der Waals surface area contributed by atoms with Gasteiger partial charge < -0.3 is 9.64 Å². The van der Waals surface area contributed by atoms with Gasteiger partial charge >= 0.3 is 0 Å². The smallest absolute Gasteiger partial charge is 0.272 e. The molecular weight excluding hydrogens is 464 g/mol. The molecule has 0 saturated carbocycles. The van der Waals surface area contributed by atoms with E-state index in [0.29, 0.717) is 30.7 Å². The Morgan fingerprint density at radius 1 is 0.946 bits per heavy atom. The van der Waals surface area contributed by atoms with Crippen LogP contribution < -0.4 is 15.2 Å². The molecule has 1 amide bonds. The summed E-state index contributed by atoms with van der Waals surface area (Å²) in [6.07, 6.45) is 4.64. The molecule has 6 rings (SSSR count). The Morgan fingerprint density at radius 3 is 2.59 bits per heavy atom. The fourth-order valence-corrected chi connectivity index (χ4v) is 4.74. The molecule has 1 N–H and O–H groups in total. The zero-order chi connectivity index (χ0) is 25.2. The normalized spacial score (nSPS) is 12.5. The lowest BCUT2D eigenvalue weighted by Crippen LogP contribution is -2.30. The SMILES string of the molecule is O=C(Cc1ccc(-c2n[nH]c(=O)c3ccccc23)cc1)N1CCc2ccc(OCc3cccnc3)cc21. The third-order valence-electron chi connectivity index (χ3n) is 6.66. The quantitative estimate of drug-likeness (QED) is 0.374. The Hall–Kier alpha value is -4.78. The summed E-state index contributed by atoms with van der Waals surface area (Å²) in [6.45, 7) is 1.08. The highest BCUT2D eigenvalue weighted by Gasteiger charge is 2.25. The van der Waals surface area contributed by atoms with E-state index in [2.05, 4.69) is 15.2 Å². The summed E-state index contributed by atoms with van der Waals surface area (Å²) in [6, 6.07) is 25.0. The van der Waals surface area contributed by atoms with E-state index in [4.69, 9.17) is 4.74 Å². The fraction of sp³-hybridized carbons (Fsp3) is 0.133. The van der Waals surface area contributed by atoms with Gasteiger partial charge in [0.25, 0.3) is 5.56 Å². The van der Waals surface area contributed by atoms with Gasteiger partial charge in [0, 0.05) is 41.5 Å². The number of aromatic nitrogens is 3. The van der Waals surface area contributed by atoms with Crippen molar-refractivity contribution in [2.45, 2.75) is 19.4 Å². The van der Waals surface area contributed by atoms with Gasteiger partial charge in [0.1, 0.15) is 12.4 Å². The van der Waals surface area contributed by atoms with Crippen LogP contribution in [0.1, 0.15) is 16.7 Å². The second kappa shape index (κ2) is 9.70. The van der Waals surface area contributed by atoms with Crippen LogP contribution in [0.4, 0.5) is 5.69 Å². The van der Waals surface area contributed by atoms with E-state index in [1.54, 1.807) is 18.5 Å². The van der Waals surface area contributed by atoms with Crippen molar-refractivity contribution in [3.63, 3.8) is 0 Å². The van der Waals surface area contributed by atoms with Crippen molar-refractivity contribution in [1.82, 2.24) is 15.2 Å². The van der Waals surface area contributed by atoms with Crippen LogP contribution in [0, 0.1) is 0 Å². The molecule has 3 heterocycles. The molecule has 0 saturated heterocycles. The molecular formula is C30H24N4O3. The van der Waals surface area contributed by atoms with Gasteiger partial charge in [-0.3, -0.25) is 14.6 Å². The molecule has 1 aliphatic rings. The van der Waals surface area contributed by atoms with Crippen LogP contribution in [0.5, 0.6) is 5.75 Å². The van der Waals surface area contributed by atoms with Gasteiger partial charge in [0.15, 0.2) is 0 Å². The van der Waals surface area contributed by atoms with Crippen LogP contribution >= 0.6 is 0 Å². The minimum Gasteiger partial charge on any atom is -0.489 e. The molecule has 3 aromatic carbocycles. The third kappa shape index (κ3) is 4.59. The molecule has 0 aliphatic carbocycles. The number of pyridine rings is 1. The number of aromatic amines is 1. The van der Waals surface area contributed by atoms with E-state index in [1.165, 1.54) is 0 Å². The Morgan fingerprint density at radius 2 is 1.78 bits per heavy atom. The van der Waals surface area contributed by atoms with Crippen molar-refractivity contribution in [2.24, 2.45) is 0 Å². The largest absolute Gasteiger partial charge is 0.489 e. The minimum absolute atomic E-state index is 0.0449. The molecule has 0 unspecified atom stereocenters. The summed E-state index contributed by atoms with van der Waals surface area (Å²) in [4.78, 5) is 31.3. The van der Waals surface area contributed by atoms with Crippen molar-refractivity contribution in [1.29, 1.82) is 0 Å². The number of carbonyl (C=O) groups excluding carboxylic acids is 1. The Balaban J connectivity index is 1.17. The monoisotopic (exact) mass is 488 g/mol. The minimum atomic E-state index is -0.210. The Bertz CT molecular complexity index is 1650. The zero-order valence-corrected chi connectivity index (χ0v) is 20.1. The molecule has 182 valence electrons. The average molecular weight is 489 g/mol. The van der Waals surface area contributed by atoms with Crippen LogP contribution in [-0.2, 0) is 24.2 Å². The van der Waals surface area contributed by atoms with Gasteiger partial charge in [-0.1, -0.05) is 54.6 Å². The van der Waals surface area contributed by atoms with E-state index in [9.17, 15) is 9.59 Å². The van der Waals surface area contributed by atoms with Crippen molar-refractivity contribution in [3.05, 3.63) is 118 Å². The maximum atomic E-state index is 13.3. The zero-order valence-electron chi connectivity index (χ0n) is 20.1. The molecule has 0 spiro atoms. The van der Waals surface area contributed by atoms with Gasteiger partial charge in [-0.05, 0) is 35.7 Å². The highest BCUT2D eigenvalue weighted by atomic mass is 16.5. The van der Waals surface area contributed by atoms with E-state index in [0.717, 1.165) is 45.5 Å². The highest BCUT2D eigenvalue weighted by molar-refractivity contribution is 5.97. The second-order valence-corrected chi connectivity index (χ2v) is 9.06. The summed E-state index contributed by atoms with van der Waals surface area (Å²) in [5.74, 6) is 0.774. The number of hydrogen-bond donors (Lipinski definition) is 1. The third-order valence-corrected chi connectivity index (χ3v) is 6.66. The first-order chi connectivity index (χ1) is 18.2. The lowest BCUT2D eigenvalue weighted by atomic mass is 10.0. The standard InChI is InChI=1S/C30H24N4O3/c35-28(34-15-13-22-11-12-24(17-27(22)34)37-19-21-4-3-14-31-18-21)16-20-7-9-23(10-8-20)29-25-5-1-2-6-26(25)30(36)33-32-29/h1-12,14,17-18H,13,15-16,19H2,(H,33,36). The maximum absolute atomic E-state index is 13.3. The maximum Gasteiger partial charge on any atom is 0.272 e. The lowest BCUT2D eigenvalue weighted by Gasteiger charge is -2.18. The Labute approximate surface area is 213 Å².